The first kappa shape index (κ1) is 36.9. The Kier molecular flexibility index (Phi) is 17.4. The molecule has 0 saturated carbocycles. The Morgan fingerprint density at radius 3 is 1.12 bits per heavy atom. The summed E-state index contributed by atoms with van der Waals surface area (Å²) >= 11 is 0. The molecule has 0 unspecified atom stereocenters. The minimum absolute atomic E-state index is 0.763. The Morgan fingerprint density at radius 2 is 0.792 bits per heavy atom. The summed E-state index contributed by atoms with van der Waals surface area (Å²) in [6.07, 6.45) is 33.2. The van der Waals surface area contributed by atoms with Crippen molar-refractivity contribution in [3.05, 3.63) is 86.0 Å². The molecular formula is C40H60N6O2+2. The molecule has 0 fully saturated rings. The fraction of sp³-hybridized carbons (Fsp3) is 0.550. The van der Waals surface area contributed by atoms with Gasteiger partial charge in [0, 0.05) is 0 Å². The van der Waals surface area contributed by atoms with Crippen molar-refractivity contribution in [2.24, 2.45) is 24.3 Å². The Hall–Kier alpha value is -3.94. The normalized spacial score (nSPS) is 11.5. The fourth-order valence-electron chi connectivity index (χ4n) is 5.90. The third-order valence-electron chi connectivity index (χ3n) is 8.76. The Morgan fingerprint density at radius 1 is 0.458 bits per heavy atom. The molecule has 0 spiro atoms. The van der Waals surface area contributed by atoms with Crippen LogP contribution >= 0.6 is 0 Å². The lowest BCUT2D eigenvalue weighted by Crippen LogP contribution is -2.23. The van der Waals surface area contributed by atoms with Crippen molar-refractivity contribution >= 4 is 11.4 Å². The van der Waals surface area contributed by atoms with Gasteiger partial charge in [0.15, 0.2) is 0 Å². The average molecular weight is 657 g/mol. The second-order valence-electron chi connectivity index (χ2n) is 13.2. The number of unbranched alkanes of at least 4 members (excludes halogenated alkanes) is 14. The van der Waals surface area contributed by atoms with Crippen molar-refractivity contribution in [2.75, 3.05) is 13.2 Å². The molecule has 0 N–H and O–H groups in total. The third-order valence-corrected chi connectivity index (χ3v) is 8.76. The summed E-state index contributed by atoms with van der Waals surface area (Å²) in [6, 6.07) is 15.7. The number of ether oxygens (including phenoxy) is 2. The van der Waals surface area contributed by atoms with Gasteiger partial charge in [-0.15, -0.1) is 0 Å². The van der Waals surface area contributed by atoms with Crippen LogP contribution in [0.5, 0.6) is 11.5 Å². The van der Waals surface area contributed by atoms with Crippen molar-refractivity contribution in [3.63, 3.8) is 0 Å². The lowest BCUT2D eigenvalue weighted by Gasteiger charge is -2.07. The van der Waals surface area contributed by atoms with Crippen molar-refractivity contribution in [1.29, 1.82) is 0 Å². The van der Waals surface area contributed by atoms with Crippen LogP contribution in [0.4, 0.5) is 11.4 Å². The SMILES string of the molecule is C[n+]1ccn(CCCCCCCCCCOc2ccc(N=Nc3ccc(OCCCCCCCCCCn4cc[n+](C)c4)cc3)cc2)c1. The number of imidazole rings is 2. The van der Waals surface area contributed by atoms with E-state index < -0.39 is 0 Å². The maximum atomic E-state index is 5.94. The smallest absolute Gasteiger partial charge is 0.243 e. The summed E-state index contributed by atoms with van der Waals surface area (Å²) in [6.45, 7) is 3.78. The summed E-state index contributed by atoms with van der Waals surface area (Å²) in [7, 11) is 4.14. The minimum Gasteiger partial charge on any atom is -0.494 e. The molecule has 2 aromatic heterocycles. The summed E-state index contributed by atoms with van der Waals surface area (Å²) in [5, 5.41) is 8.77. The molecule has 0 aliphatic heterocycles. The first-order valence-electron chi connectivity index (χ1n) is 18.5. The van der Waals surface area contributed by atoms with Gasteiger partial charge in [-0.2, -0.15) is 10.2 Å². The first-order chi connectivity index (χ1) is 23.6. The van der Waals surface area contributed by atoms with Crippen LogP contribution < -0.4 is 18.6 Å². The Balaban J connectivity index is 0.947. The van der Waals surface area contributed by atoms with Gasteiger partial charge < -0.3 is 9.47 Å². The van der Waals surface area contributed by atoms with Crippen LogP contribution in [0, 0.1) is 0 Å². The molecule has 260 valence electrons. The molecule has 0 bridgehead atoms. The molecule has 0 aliphatic carbocycles. The van der Waals surface area contributed by atoms with Crippen LogP contribution in [0.15, 0.2) is 96.2 Å². The van der Waals surface area contributed by atoms with Crippen molar-refractivity contribution in [1.82, 2.24) is 9.13 Å². The van der Waals surface area contributed by atoms with E-state index in [4.69, 9.17) is 9.47 Å². The molecule has 4 aromatic rings. The van der Waals surface area contributed by atoms with E-state index in [1.54, 1.807) is 0 Å². The van der Waals surface area contributed by atoms with Gasteiger partial charge in [-0.3, -0.25) is 0 Å². The first-order valence-corrected chi connectivity index (χ1v) is 18.5. The highest BCUT2D eigenvalue weighted by atomic mass is 16.5. The molecule has 0 radical (unpaired) electrons. The van der Waals surface area contributed by atoms with Crippen LogP contribution in [0.1, 0.15) is 103 Å². The molecule has 2 aromatic carbocycles. The maximum Gasteiger partial charge on any atom is 0.243 e. The van der Waals surface area contributed by atoms with E-state index >= 15 is 0 Å². The van der Waals surface area contributed by atoms with Crippen LogP contribution in [-0.4, -0.2) is 22.3 Å². The van der Waals surface area contributed by atoms with Crippen molar-refractivity contribution in [3.8, 4) is 11.5 Å². The lowest BCUT2D eigenvalue weighted by molar-refractivity contribution is -0.671. The van der Waals surface area contributed by atoms with Gasteiger partial charge in [0.25, 0.3) is 0 Å². The molecule has 48 heavy (non-hydrogen) atoms. The van der Waals surface area contributed by atoms with Crippen LogP contribution in [-0.2, 0) is 27.2 Å². The average Bonchev–Trinajstić information content (AvgIpc) is 3.72. The van der Waals surface area contributed by atoms with Crippen LogP contribution in [0.25, 0.3) is 0 Å². The zero-order valence-electron chi connectivity index (χ0n) is 29.7. The van der Waals surface area contributed by atoms with E-state index in [-0.39, 0.29) is 0 Å². The number of hydrogen-bond acceptors (Lipinski definition) is 4. The van der Waals surface area contributed by atoms with Gasteiger partial charge in [0.2, 0.25) is 12.7 Å². The number of rotatable bonds is 26. The Labute approximate surface area is 289 Å². The quantitative estimate of drug-likeness (QED) is 0.0384. The predicted octanol–water partition coefficient (Wildman–Crippen LogP) is 9.75. The fourth-order valence-corrected chi connectivity index (χ4v) is 5.90. The molecular weight excluding hydrogens is 596 g/mol. The summed E-state index contributed by atoms with van der Waals surface area (Å²) < 4.78 is 20.6. The summed E-state index contributed by atoms with van der Waals surface area (Å²) in [5.41, 5.74) is 1.63. The zero-order chi connectivity index (χ0) is 33.5. The Bertz CT molecular complexity index is 1300. The standard InChI is InChI=1S/C40H60N6O2/c1-43-29-31-45(35-43)27-15-11-7-3-5-9-13-17-33-47-39-23-19-37(20-24-39)41-42-38-21-25-40(26-22-38)48-34-18-14-10-6-4-8-12-16-28-46-32-30-44(2)36-46/h19-26,29-32,35-36H,3-18,27-28,33-34H2,1-2H3/q+2. The highest BCUT2D eigenvalue weighted by Crippen LogP contribution is 2.23. The van der Waals surface area contributed by atoms with Gasteiger partial charge >= 0.3 is 0 Å². The minimum atomic E-state index is 0.763. The summed E-state index contributed by atoms with van der Waals surface area (Å²) in [5.74, 6) is 1.78. The van der Waals surface area contributed by atoms with Gasteiger partial charge in [-0.25, -0.2) is 18.3 Å². The number of nitrogens with zero attached hydrogens (tertiary/aromatic N) is 6. The lowest BCUT2D eigenvalue weighted by atomic mass is 10.1. The van der Waals surface area contributed by atoms with Gasteiger partial charge in [-0.1, -0.05) is 64.2 Å². The second-order valence-corrected chi connectivity index (χ2v) is 13.2. The topological polar surface area (TPSA) is 60.8 Å². The van der Waals surface area contributed by atoms with E-state index in [1.165, 1.54) is 89.9 Å². The molecule has 0 saturated heterocycles. The van der Waals surface area contributed by atoms with Crippen molar-refractivity contribution in [2.45, 2.75) is 116 Å². The van der Waals surface area contributed by atoms with E-state index in [9.17, 15) is 0 Å². The molecule has 0 aliphatic rings. The summed E-state index contributed by atoms with van der Waals surface area (Å²) in [4.78, 5) is 0. The highest BCUT2D eigenvalue weighted by molar-refractivity contribution is 5.44. The largest absolute Gasteiger partial charge is 0.494 e. The van der Waals surface area contributed by atoms with Crippen LogP contribution in [0.3, 0.4) is 0 Å². The monoisotopic (exact) mass is 656 g/mol. The van der Waals surface area contributed by atoms with Crippen molar-refractivity contribution < 1.29 is 18.6 Å². The number of azo groups is 1. The number of aryl methyl sites for hydroxylation is 4. The number of aromatic nitrogens is 4. The molecule has 0 atom stereocenters. The molecule has 4 rings (SSSR count). The van der Waals surface area contributed by atoms with E-state index in [0.717, 1.165) is 62.0 Å². The number of benzene rings is 2. The molecule has 8 heteroatoms. The highest BCUT2D eigenvalue weighted by Gasteiger charge is 2.02. The van der Waals surface area contributed by atoms with Gasteiger partial charge in [-0.05, 0) is 87.1 Å². The number of hydrogen-bond donors (Lipinski definition) is 0. The predicted molar refractivity (Wildman–Crippen MR) is 193 cm³/mol. The maximum absolute atomic E-state index is 5.94. The molecule has 0 amide bonds. The van der Waals surface area contributed by atoms with E-state index in [1.807, 2.05) is 48.5 Å². The molecule has 8 nitrogen and oxygen atoms in total. The van der Waals surface area contributed by atoms with Gasteiger partial charge in [0.1, 0.15) is 36.3 Å². The zero-order valence-corrected chi connectivity index (χ0v) is 29.7. The van der Waals surface area contributed by atoms with Gasteiger partial charge in [0.05, 0.1) is 51.8 Å². The van der Waals surface area contributed by atoms with E-state index in [2.05, 4.69) is 80.0 Å². The van der Waals surface area contributed by atoms with Crippen LogP contribution in [0.2, 0.25) is 0 Å². The van der Waals surface area contributed by atoms with E-state index in [0.29, 0.717) is 0 Å². The third kappa shape index (κ3) is 15.8. The second kappa shape index (κ2) is 22.6. The molecule has 2 heterocycles.